The van der Waals surface area contributed by atoms with Gasteiger partial charge in [-0.15, -0.1) is 0 Å². The van der Waals surface area contributed by atoms with Crippen LogP contribution in [0.3, 0.4) is 0 Å². The molecule has 6 rings (SSSR count). The summed E-state index contributed by atoms with van der Waals surface area (Å²) in [5.41, 5.74) is 14.8. The Bertz CT molecular complexity index is 1700. The number of fused-ring (bicyclic) bond motifs is 6. The number of ether oxygens (including phenoxy) is 2. The van der Waals surface area contributed by atoms with Gasteiger partial charge in [-0.2, -0.15) is 0 Å². The lowest BCUT2D eigenvalue weighted by Gasteiger charge is -2.24. The van der Waals surface area contributed by atoms with Crippen LogP contribution < -0.4 is 0 Å². The summed E-state index contributed by atoms with van der Waals surface area (Å²) < 4.78 is 10.4. The van der Waals surface area contributed by atoms with E-state index in [0.29, 0.717) is 26.1 Å². The molecule has 4 heteroatoms. The second kappa shape index (κ2) is 11.1. The van der Waals surface area contributed by atoms with E-state index in [0.717, 1.165) is 11.1 Å². The Morgan fingerprint density at radius 2 is 0.909 bits per heavy atom. The normalized spacial score (nSPS) is 14.5. The predicted octanol–water partition coefficient (Wildman–Crippen LogP) is 8.51. The molecule has 0 aromatic heterocycles. The van der Waals surface area contributed by atoms with Crippen molar-refractivity contribution in [1.29, 1.82) is 0 Å². The average molecular weight is 583 g/mol. The van der Waals surface area contributed by atoms with E-state index in [2.05, 4.69) is 114 Å². The summed E-state index contributed by atoms with van der Waals surface area (Å²) in [5, 5.41) is 0. The topological polar surface area (TPSA) is 52.6 Å². The average Bonchev–Trinajstić information content (AvgIpc) is 3.39. The van der Waals surface area contributed by atoms with E-state index < -0.39 is 11.9 Å². The largest absolute Gasteiger partial charge is 0.462 e. The summed E-state index contributed by atoms with van der Waals surface area (Å²) in [6.45, 7) is 16.8. The first-order valence-corrected chi connectivity index (χ1v) is 15.2. The molecule has 0 fully saturated rings. The molecule has 0 N–H and O–H groups in total. The Morgan fingerprint density at radius 3 is 1.27 bits per heavy atom. The quantitative estimate of drug-likeness (QED) is 0.147. The molecule has 0 unspecified atom stereocenters. The van der Waals surface area contributed by atoms with Gasteiger partial charge in [0.2, 0.25) is 0 Å². The van der Waals surface area contributed by atoms with Crippen LogP contribution >= 0.6 is 0 Å². The van der Waals surface area contributed by atoms with Crippen LogP contribution in [0.5, 0.6) is 0 Å². The predicted molar refractivity (Wildman–Crippen MR) is 177 cm³/mol. The molecular formula is C40H38O4. The first-order valence-electron chi connectivity index (χ1n) is 15.2. The molecule has 0 radical (unpaired) electrons. The van der Waals surface area contributed by atoms with Crippen molar-refractivity contribution in [3.8, 4) is 33.4 Å². The van der Waals surface area contributed by atoms with Crippen molar-refractivity contribution in [3.63, 3.8) is 0 Å². The maximum absolute atomic E-state index is 11.5. The van der Waals surface area contributed by atoms with Gasteiger partial charge in [0.05, 0.1) is 13.2 Å². The van der Waals surface area contributed by atoms with Gasteiger partial charge in [-0.3, -0.25) is 0 Å². The molecule has 2 aliphatic carbocycles. The number of carbonyl (C=O) groups is 2. The van der Waals surface area contributed by atoms with Crippen LogP contribution in [-0.4, -0.2) is 25.2 Å². The van der Waals surface area contributed by atoms with Crippen LogP contribution in [0.15, 0.2) is 98.1 Å². The molecule has 4 aromatic rings. The lowest BCUT2D eigenvalue weighted by atomic mass is 9.80. The molecular weight excluding hydrogens is 544 g/mol. The molecule has 0 saturated carbocycles. The van der Waals surface area contributed by atoms with Gasteiger partial charge in [-0.05, 0) is 78.9 Å². The van der Waals surface area contributed by atoms with E-state index in [1.165, 1.54) is 67.8 Å². The summed E-state index contributed by atoms with van der Waals surface area (Å²) in [6.07, 6.45) is 3.74. The molecule has 0 aliphatic heterocycles. The minimum Gasteiger partial charge on any atom is -0.462 e. The molecule has 2 aliphatic rings. The molecule has 0 spiro atoms. The fraction of sp³-hybridized carbons (Fsp3) is 0.250. The Kier molecular flexibility index (Phi) is 7.41. The highest BCUT2D eigenvalue weighted by Crippen LogP contribution is 2.52. The smallest absolute Gasteiger partial charge is 0.330 e. The van der Waals surface area contributed by atoms with Crippen molar-refractivity contribution in [2.24, 2.45) is 0 Å². The van der Waals surface area contributed by atoms with Crippen LogP contribution in [0, 0.1) is 0 Å². The van der Waals surface area contributed by atoms with Crippen molar-refractivity contribution in [2.75, 3.05) is 13.2 Å². The van der Waals surface area contributed by atoms with E-state index in [9.17, 15) is 9.59 Å². The Balaban J connectivity index is 1.27. The third-order valence-corrected chi connectivity index (χ3v) is 9.42. The summed E-state index contributed by atoms with van der Waals surface area (Å²) in [6, 6.07) is 27.0. The zero-order chi connectivity index (χ0) is 31.2. The van der Waals surface area contributed by atoms with E-state index in [4.69, 9.17) is 9.47 Å². The highest BCUT2D eigenvalue weighted by Gasteiger charge is 2.37. The minimum absolute atomic E-state index is 0.156. The molecule has 0 atom stereocenters. The van der Waals surface area contributed by atoms with Crippen LogP contribution in [0.4, 0.5) is 0 Å². The number of hydrogen-bond acceptors (Lipinski definition) is 4. The number of carbonyl (C=O) groups excluding carboxylic acids is 2. The number of rotatable bonds is 9. The fourth-order valence-corrected chi connectivity index (χ4v) is 6.90. The van der Waals surface area contributed by atoms with Gasteiger partial charge in [0, 0.05) is 35.8 Å². The van der Waals surface area contributed by atoms with Gasteiger partial charge in [0.1, 0.15) is 0 Å². The van der Waals surface area contributed by atoms with Crippen LogP contribution in [0.2, 0.25) is 0 Å². The third-order valence-electron chi connectivity index (χ3n) is 9.42. The Morgan fingerprint density at radius 1 is 0.568 bits per heavy atom. The van der Waals surface area contributed by atoms with Crippen LogP contribution in [0.1, 0.15) is 61.1 Å². The zero-order valence-electron chi connectivity index (χ0n) is 26.0. The first kappa shape index (κ1) is 29.4. The summed E-state index contributed by atoms with van der Waals surface area (Å²) in [5.74, 6) is -0.780. The van der Waals surface area contributed by atoms with E-state index in [1.54, 1.807) is 0 Å². The van der Waals surface area contributed by atoms with Gasteiger partial charge in [-0.25, -0.2) is 9.59 Å². The molecule has 0 bridgehead atoms. The van der Waals surface area contributed by atoms with Crippen molar-refractivity contribution in [1.82, 2.24) is 0 Å². The summed E-state index contributed by atoms with van der Waals surface area (Å²) in [7, 11) is 0. The maximum Gasteiger partial charge on any atom is 0.330 e. The van der Waals surface area contributed by atoms with E-state index in [-0.39, 0.29) is 10.8 Å². The van der Waals surface area contributed by atoms with Crippen molar-refractivity contribution in [3.05, 3.63) is 131 Å². The number of benzene rings is 4. The van der Waals surface area contributed by atoms with Crippen molar-refractivity contribution < 1.29 is 19.1 Å². The van der Waals surface area contributed by atoms with E-state index >= 15 is 0 Å². The SMILES string of the molecule is C=CC(=O)OCCc1ccc2c(c1)C(C)(C)c1cc(-c3ccc4c(c3)C(C)(C)c3cc(CCOC(=O)C=C)ccc3-4)ccc1-2. The highest BCUT2D eigenvalue weighted by molar-refractivity contribution is 5.87. The first-order chi connectivity index (χ1) is 21.0. The Labute approximate surface area is 260 Å². The molecule has 44 heavy (non-hydrogen) atoms. The van der Waals surface area contributed by atoms with Crippen molar-refractivity contribution in [2.45, 2.75) is 51.4 Å². The highest BCUT2D eigenvalue weighted by atomic mass is 16.5. The lowest BCUT2D eigenvalue weighted by molar-refractivity contribution is -0.138. The Hall–Kier alpha value is -4.70. The van der Waals surface area contributed by atoms with Gasteiger partial charge >= 0.3 is 11.9 Å². The molecule has 0 heterocycles. The maximum atomic E-state index is 11.5. The van der Waals surface area contributed by atoms with E-state index in [1.807, 2.05) is 0 Å². The van der Waals surface area contributed by atoms with Crippen molar-refractivity contribution >= 4 is 11.9 Å². The summed E-state index contributed by atoms with van der Waals surface area (Å²) in [4.78, 5) is 22.9. The molecule has 4 nitrogen and oxygen atoms in total. The number of esters is 2. The standard InChI is InChI=1S/C40H38O4/c1-7-37(41)43-19-17-25-9-13-29-31-15-11-27(23-35(31)39(3,4)33(29)21-25)28-12-16-32-30-14-10-26(18-20-44-38(42)8-2)22-34(30)40(5,6)36(32)24-28/h7-16,21-24H,1-2,17-20H2,3-6H3. The minimum atomic E-state index is -0.390. The second-order valence-corrected chi connectivity index (χ2v) is 12.8. The second-order valence-electron chi connectivity index (χ2n) is 12.8. The molecule has 4 aromatic carbocycles. The van der Waals surface area contributed by atoms with Crippen LogP contribution in [0.25, 0.3) is 33.4 Å². The monoisotopic (exact) mass is 582 g/mol. The van der Waals surface area contributed by atoms with Crippen LogP contribution in [-0.2, 0) is 42.7 Å². The lowest BCUT2D eigenvalue weighted by Crippen LogP contribution is -2.16. The van der Waals surface area contributed by atoms with Gasteiger partial charge in [0.15, 0.2) is 0 Å². The molecule has 0 amide bonds. The fourth-order valence-electron chi connectivity index (χ4n) is 6.90. The van der Waals surface area contributed by atoms with Gasteiger partial charge in [-0.1, -0.05) is 102 Å². The third kappa shape index (κ3) is 4.98. The van der Waals surface area contributed by atoms with Gasteiger partial charge in [0.25, 0.3) is 0 Å². The zero-order valence-corrected chi connectivity index (χ0v) is 26.0. The van der Waals surface area contributed by atoms with Gasteiger partial charge < -0.3 is 9.47 Å². The molecule has 222 valence electrons. The summed E-state index contributed by atoms with van der Waals surface area (Å²) >= 11 is 0. The number of hydrogen-bond donors (Lipinski definition) is 0. The molecule has 0 saturated heterocycles.